The third kappa shape index (κ3) is 0.979. The van der Waals surface area contributed by atoms with Gasteiger partial charge in [0.05, 0.1) is 0 Å². The summed E-state index contributed by atoms with van der Waals surface area (Å²) in [5.74, 6) is 0.716. The molecule has 0 heteroatoms. The quantitative estimate of drug-likeness (QED) is 0.546. The van der Waals surface area contributed by atoms with Crippen molar-refractivity contribution in [2.75, 3.05) is 0 Å². The largest absolute Gasteiger partial charge is 0.0620 e. The first kappa shape index (κ1) is 7.85. The van der Waals surface area contributed by atoms with E-state index in [0.717, 1.165) is 0 Å². The van der Waals surface area contributed by atoms with Gasteiger partial charge in [0.1, 0.15) is 0 Å². The van der Waals surface area contributed by atoms with Crippen LogP contribution < -0.4 is 0 Å². The minimum Gasteiger partial charge on any atom is -0.0620 e. The van der Waals surface area contributed by atoms with E-state index < -0.39 is 0 Å². The van der Waals surface area contributed by atoms with Crippen molar-refractivity contribution < 1.29 is 0 Å². The van der Waals surface area contributed by atoms with E-state index in [4.69, 9.17) is 0 Å². The fourth-order valence-corrected chi connectivity index (χ4v) is 2.18. The predicted octanol–water partition coefficient (Wildman–Crippen LogP) is 3.37. The summed E-state index contributed by atoms with van der Waals surface area (Å²) in [6.07, 6.45) is 1.24. The summed E-state index contributed by atoms with van der Waals surface area (Å²) in [5, 5.41) is 0. The zero-order valence-corrected chi connectivity index (χ0v) is 8.09. The Morgan fingerprint density at radius 2 is 1.92 bits per heavy atom. The Morgan fingerprint density at radius 3 is 2.58 bits per heavy atom. The number of rotatable bonds is 0. The Kier molecular flexibility index (Phi) is 1.54. The normalized spacial score (nSPS) is 25.4. The van der Waals surface area contributed by atoms with Crippen molar-refractivity contribution in [3.8, 4) is 0 Å². The molecule has 0 aromatic heterocycles. The van der Waals surface area contributed by atoms with Gasteiger partial charge in [-0.1, -0.05) is 45.0 Å². The van der Waals surface area contributed by atoms with E-state index in [1.807, 2.05) is 0 Å². The minimum absolute atomic E-state index is 0.462. The van der Waals surface area contributed by atoms with E-state index in [-0.39, 0.29) is 0 Å². The molecule has 12 heavy (non-hydrogen) atoms. The van der Waals surface area contributed by atoms with Crippen LogP contribution in [0.2, 0.25) is 0 Å². The predicted molar refractivity (Wildman–Crippen MR) is 52.3 cm³/mol. The van der Waals surface area contributed by atoms with Crippen LogP contribution in [0, 0.1) is 5.41 Å². The maximum absolute atomic E-state index is 2.36. The Morgan fingerprint density at radius 1 is 1.25 bits per heavy atom. The first-order chi connectivity index (χ1) is 5.61. The molecule has 0 aliphatic heterocycles. The highest BCUT2D eigenvalue weighted by molar-refractivity contribution is 5.37. The van der Waals surface area contributed by atoms with Gasteiger partial charge in [0.25, 0.3) is 0 Å². The van der Waals surface area contributed by atoms with Crippen molar-refractivity contribution in [3.05, 3.63) is 35.4 Å². The zero-order chi connectivity index (χ0) is 8.77. The fraction of sp³-hybridized carbons (Fsp3) is 0.500. The molecular weight excluding hydrogens is 144 g/mol. The van der Waals surface area contributed by atoms with Crippen molar-refractivity contribution in [2.24, 2.45) is 5.41 Å². The van der Waals surface area contributed by atoms with Gasteiger partial charge in [-0.2, -0.15) is 0 Å². The lowest BCUT2D eigenvalue weighted by Gasteiger charge is -2.23. The van der Waals surface area contributed by atoms with Gasteiger partial charge in [-0.3, -0.25) is 0 Å². The second-order valence-corrected chi connectivity index (χ2v) is 4.59. The summed E-state index contributed by atoms with van der Waals surface area (Å²) in [5.41, 5.74) is 3.57. The van der Waals surface area contributed by atoms with Crippen molar-refractivity contribution in [1.82, 2.24) is 0 Å². The molecule has 0 bridgehead atoms. The van der Waals surface area contributed by atoms with Crippen molar-refractivity contribution in [2.45, 2.75) is 33.1 Å². The molecule has 2 rings (SSSR count). The van der Waals surface area contributed by atoms with Crippen molar-refractivity contribution >= 4 is 0 Å². The second-order valence-electron chi connectivity index (χ2n) is 4.59. The second kappa shape index (κ2) is 2.35. The Labute approximate surface area is 74.6 Å². The molecule has 1 aromatic carbocycles. The molecular formula is C12H16. The van der Waals surface area contributed by atoms with Gasteiger partial charge in [-0.05, 0) is 28.9 Å². The van der Waals surface area contributed by atoms with E-state index in [9.17, 15) is 0 Å². The molecule has 0 saturated carbocycles. The molecule has 1 aliphatic carbocycles. The van der Waals surface area contributed by atoms with Crippen LogP contribution in [-0.4, -0.2) is 0 Å². The zero-order valence-electron chi connectivity index (χ0n) is 8.09. The molecule has 0 unspecified atom stereocenters. The highest BCUT2D eigenvalue weighted by Crippen LogP contribution is 2.45. The van der Waals surface area contributed by atoms with Gasteiger partial charge >= 0.3 is 0 Å². The first-order valence-electron chi connectivity index (χ1n) is 4.69. The van der Waals surface area contributed by atoms with E-state index in [1.54, 1.807) is 11.1 Å². The summed E-state index contributed by atoms with van der Waals surface area (Å²) in [6.45, 7) is 7.06. The lowest BCUT2D eigenvalue weighted by molar-refractivity contribution is 0.330. The lowest BCUT2D eigenvalue weighted by atomic mass is 9.81. The van der Waals surface area contributed by atoms with Crippen LogP contribution in [0.1, 0.15) is 37.8 Å². The van der Waals surface area contributed by atoms with Gasteiger partial charge in [0.15, 0.2) is 0 Å². The summed E-state index contributed by atoms with van der Waals surface area (Å²) >= 11 is 0. The average molecular weight is 160 g/mol. The number of hydrogen-bond donors (Lipinski definition) is 0. The van der Waals surface area contributed by atoms with Gasteiger partial charge in [0.2, 0.25) is 0 Å². The molecule has 0 amide bonds. The standard InChI is InChI=1S/C12H16/c1-9-11-7-5-4-6-10(11)8-12(9,2)3/h4-7,9H,8H2,1-3H3/t9-/m0/s1. The van der Waals surface area contributed by atoms with Gasteiger partial charge in [0, 0.05) is 0 Å². The molecule has 0 fully saturated rings. The van der Waals surface area contributed by atoms with Crippen LogP contribution in [0.15, 0.2) is 24.3 Å². The molecule has 64 valence electrons. The molecule has 0 N–H and O–H groups in total. The van der Waals surface area contributed by atoms with Crippen LogP contribution in [0.3, 0.4) is 0 Å². The number of benzene rings is 1. The molecule has 1 atom stereocenters. The topological polar surface area (TPSA) is 0 Å². The van der Waals surface area contributed by atoms with E-state index in [1.165, 1.54) is 6.42 Å². The first-order valence-corrected chi connectivity index (χ1v) is 4.69. The molecule has 1 aromatic rings. The summed E-state index contributed by atoms with van der Waals surface area (Å²) in [7, 11) is 0. The van der Waals surface area contributed by atoms with Gasteiger partial charge < -0.3 is 0 Å². The van der Waals surface area contributed by atoms with Crippen LogP contribution in [-0.2, 0) is 6.42 Å². The maximum atomic E-state index is 2.36. The van der Waals surface area contributed by atoms with Crippen LogP contribution in [0.25, 0.3) is 0 Å². The van der Waals surface area contributed by atoms with Crippen LogP contribution >= 0.6 is 0 Å². The number of fused-ring (bicyclic) bond motifs is 1. The molecule has 0 saturated heterocycles. The van der Waals surface area contributed by atoms with Gasteiger partial charge in [-0.15, -0.1) is 0 Å². The Bertz CT molecular complexity index is 297. The van der Waals surface area contributed by atoms with E-state index >= 15 is 0 Å². The average Bonchev–Trinajstić information content (AvgIpc) is 2.24. The highest BCUT2D eigenvalue weighted by Gasteiger charge is 2.34. The van der Waals surface area contributed by atoms with Crippen molar-refractivity contribution in [1.29, 1.82) is 0 Å². The number of hydrogen-bond acceptors (Lipinski definition) is 0. The third-order valence-corrected chi connectivity index (χ3v) is 3.34. The monoisotopic (exact) mass is 160 g/mol. The summed E-state index contributed by atoms with van der Waals surface area (Å²) in [6, 6.07) is 8.83. The van der Waals surface area contributed by atoms with Gasteiger partial charge in [-0.25, -0.2) is 0 Å². The lowest BCUT2D eigenvalue weighted by Crippen LogP contribution is -2.14. The Balaban J connectivity index is 2.49. The van der Waals surface area contributed by atoms with E-state index in [0.29, 0.717) is 11.3 Å². The maximum Gasteiger partial charge on any atom is -0.0133 e. The van der Waals surface area contributed by atoms with Crippen LogP contribution in [0.4, 0.5) is 0 Å². The summed E-state index contributed by atoms with van der Waals surface area (Å²) < 4.78 is 0. The van der Waals surface area contributed by atoms with E-state index in [2.05, 4.69) is 45.0 Å². The van der Waals surface area contributed by atoms with Crippen molar-refractivity contribution in [3.63, 3.8) is 0 Å². The summed E-state index contributed by atoms with van der Waals surface area (Å²) in [4.78, 5) is 0. The molecule has 0 spiro atoms. The third-order valence-electron chi connectivity index (χ3n) is 3.34. The highest BCUT2D eigenvalue weighted by atomic mass is 14.4. The van der Waals surface area contributed by atoms with Crippen LogP contribution in [0.5, 0.6) is 0 Å². The molecule has 0 nitrogen and oxygen atoms in total. The smallest absolute Gasteiger partial charge is 0.0133 e. The SMILES string of the molecule is C[C@H]1c2ccccc2CC1(C)C. The molecule has 0 heterocycles. The fourth-order valence-electron chi connectivity index (χ4n) is 2.18. The molecule has 1 aliphatic rings. The Hall–Kier alpha value is -0.780. The molecule has 0 radical (unpaired) electrons. The minimum atomic E-state index is 0.462.